The number of piperidine rings is 1. The van der Waals surface area contributed by atoms with E-state index in [9.17, 15) is 18.7 Å². The summed E-state index contributed by atoms with van der Waals surface area (Å²) in [5.74, 6) is -2.09. The number of aromatic hydroxyl groups is 1. The molecule has 2 N–H and O–H groups in total. The SMILES string of the molecule is O=C(Nc1cc(Cl)ccc1O)C1CCN(Cc2cccc(F)c2F)CC1. The second-order valence-corrected chi connectivity index (χ2v) is 6.85. The molecule has 0 spiro atoms. The molecule has 1 saturated heterocycles. The van der Waals surface area contributed by atoms with E-state index >= 15 is 0 Å². The normalized spacial score (nSPS) is 15.8. The number of hydrogen-bond donors (Lipinski definition) is 2. The molecule has 7 heteroatoms. The molecule has 3 rings (SSSR count). The molecule has 0 aromatic heterocycles. The van der Waals surface area contributed by atoms with Crippen LogP contribution in [0, 0.1) is 17.6 Å². The van der Waals surface area contributed by atoms with Crippen LogP contribution in [-0.2, 0) is 11.3 Å². The molecule has 138 valence electrons. The zero-order valence-electron chi connectivity index (χ0n) is 14.0. The van der Waals surface area contributed by atoms with E-state index in [-0.39, 0.29) is 23.3 Å². The maximum absolute atomic E-state index is 13.8. The third-order valence-electron chi connectivity index (χ3n) is 4.60. The summed E-state index contributed by atoms with van der Waals surface area (Å²) in [5, 5.41) is 12.9. The summed E-state index contributed by atoms with van der Waals surface area (Å²) in [6, 6.07) is 8.62. The summed E-state index contributed by atoms with van der Waals surface area (Å²) in [6.45, 7) is 1.53. The van der Waals surface area contributed by atoms with Gasteiger partial charge in [0.15, 0.2) is 11.6 Å². The van der Waals surface area contributed by atoms with Gasteiger partial charge in [-0.15, -0.1) is 0 Å². The van der Waals surface area contributed by atoms with Crippen molar-refractivity contribution in [3.8, 4) is 5.75 Å². The summed E-state index contributed by atoms with van der Waals surface area (Å²) in [4.78, 5) is 14.4. The maximum Gasteiger partial charge on any atom is 0.227 e. The molecule has 1 fully saturated rings. The highest BCUT2D eigenvalue weighted by Crippen LogP contribution is 2.28. The monoisotopic (exact) mass is 380 g/mol. The molecule has 1 heterocycles. The lowest BCUT2D eigenvalue weighted by Gasteiger charge is -2.31. The first-order chi connectivity index (χ1) is 12.4. The number of anilines is 1. The summed E-state index contributed by atoms with van der Waals surface area (Å²) in [6.07, 6.45) is 1.20. The summed E-state index contributed by atoms with van der Waals surface area (Å²) < 4.78 is 27.1. The van der Waals surface area contributed by atoms with Gasteiger partial charge in [-0.2, -0.15) is 0 Å². The molecule has 0 atom stereocenters. The average Bonchev–Trinajstić information content (AvgIpc) is 2.62. The minimum Gasteiger partial charge on any atom is -0.506 e. The van der Waals surface area contributed by atoms with Gasteiger partial charge in [0, 0.05) is 23.0 Å². The largest absolute Gasteiger partial charge is 0.506 e. The molecule has 26 heavy (non-hydrogen) atoms. The number of nitrogens with one attached hydrogen (secondary N) is 1. The Morgan fingerprint density at radius 2 is 1.96 bits per heavy atom. The Balaban J connectivity index is 1.55. The fourth-order valence-corrected chi connectivity index (χ4v) is 3.28. The van der Waals surface area contributed by atoms with Gasteiger partial charge < -0.3 is 10.4 Å². The van der Waals surface area contributed by atoms with Crippen molar-refractivity contribution in [2.75, 3.05) is 18.4 Å². The molecular weight excluding hydrogens is 362 g/mol. The number of amides is 1. The second kappa shape index (κ2) is 8.01. The van der Waals surface area contributed by atoms with Crippen molar-refractivity contribution in [2.45, 2.75) is 19.4 Å². The van der Waals surface area contributed by atoms with Gasteiger partial charge in [-0.1, -0.05) is 23.7 Å². The number of benzene rings is 2. The van der Waals surface area contributed by atoms with Crippen LogP contribution in [0.25, 0.3) is 0 Å². The van der Waals surface area contributed by atoms with Crippen molar-refractivity contribution in [3.63, 3.8) is 0 Å². The van der Waals surface area contributed by atoms with Gasteiger partial charge in [0.2, 0.25) is 5.91 Å². The quantitative estimate of drug-likeness (QED) is 0.782. The van der Waals surface area contributed by atoms with Crippen LogP contribution >= 0.6 is 11.6 Å². The average molecular weight is 381 g/mol. The van der Waals surface area contributed by atoms with E-state index in [1.54, 1.807) is 6.07 Å². The minimum absolute atomic E-state index is 0.0400. The third kappa shape index (κ3) is 4.31. The predicted molar refractivity (Wildman–Crippen MR) is 96.1 cm³/mol. The number of nitrogens with zero attached hydrogens (tertiary/aromatic N) is 1. The molecule has 0 aliphatic carbocycles. The Kier molecular flexibility index (Phi) is 5.74. The number of likely N-dealkylation sites (tertiary alicyclic amines) is 1. The molecule has 0 unspecified atom stereocenters. The lowest BCUT2D eigenvalue weighted by molar-refractivity contribution is -0.121. The minimum atomic E-state index is -0.849. The number of hydrogen-bond acceptors (Lipinski definition) is 3. The summed E-state index contributed by atoms with van der Waals surface area (Å²) in [5.41, 5.74) is 0.600. The standard InChI is InChI=1S/C19H19ClF2N2O2/c20-14-4-5-17(25)16(10-14)23-19(26)12-6-8-24(9-7-12)11-13-2-1-3-15(21)18(13)22/h1-5,10,12,25H,6-9,11H2,(H,23,26). The molecule has 1 amide bonds. The summed E-state index contributed by atoms with van der Waals surface area (Å²) in [7, 11) is 0. The van der Waals surface area contributed by atoms with Gasteiger partial charge in [0.1, 0.15) is 5.75 Å². The van der Waals surface area contributed by atoms with Gasteiger partial charge in [0.05, 0.1) is 5.69 Å². The van der Waals surface area contributed by atoms with Crippen LogP contribution < -0.4 is 5.32 Å². The van der Waals surface area contributed by atoms with Crippen molar-refractivity contribution in [1.29, 1.82) is 0 Å². The second-order valence-electron chi connectivity index (χ2n) is 6.41. The zero-order chi connectivity index (χ0) is 18.7. The first-order valence-corrected chi connectivity index (χ1v) is 8.76. The van der Waals surface area contributed by atoms with Crippen LogP contribution in [-0.4, -0.2) is 29.0 Å². The molecular formula is C19H19ClF2N2O2. The smallest absolute Gasteiger partial charge is 0.227 e. The van der Waals surface area contributed by atoms with E-state index in [1.807, 2.05) is 4.90 Å². The number of carbonyl (C=O) groups is 1. The number of phenolic OH excluding ortho intramolecular Hbond substituents is 1. The van der Waals surface area contributed by atoms with Crippen molar-refractivity contribution in [1.82, 2.24) is 4.90 Å². The lowest BCUT2D eigenvalue weighted by Crippen LogP contribution is -2.38. The van der Waals surface area contributed by atoms with Gasteiger partial charge >= 0.3 is 0 Å². The Morgan fingerprint density at radius 1 is 1.23 bits per heavy atom. The van der Waals surface area contributed by atoms with Crippen molar-refractivity contribution in [3.05, 3.63) is 58.6 Å². The first-order valence-electron chi connectivity index (χ1n) is 8.38. The fraction of sp³-hybridized carbons (Fsp3) is 0.316. The highest BCUT2D eigenvalue weighted by Gasteiger charge is 2.26. The van der Waals surface area contributed by atoms with Crippen LogP contribution in [0.3, 0.4) is 0 Å². The molecule has 1 aliphatic heterocycles. The third-order valence-corrected chi connectivity index (χ3v) is 4.84. The lowest BCUT2D eigenvalue weighted by atomic mass is 9.95. The molecule has 2 aromatic rings. The van der Waals surface area contributed by atoms with Gasteiger partial charge in [0.25, 0.3) is 0 Å². The van der Waals surface area contributed by atoms with E-state index in [0.717, 1.165) is 6.07 Å². The van der Waals surface area contributed by atoms with E-state index in [0.29, 0.717) is 43.1 Å². The number of halogens is 3. The number of carbonyl (C=O) groups excluding carboxylic acids is 1. The Labute approximate surface area is 155 Å². The van der Waals surface area contributed by atoms with E-state index in [1.165, 1.54) is 24.3 Å². The Hall–Kier alpha value is -2.18. The first kappa shape index (κ1) is 18.6. The van der Waals surface area contributed by atoms with Crippen LogP contribution in [0.4, 0.5) is 14.5 Å². The van der Waals surface area contributed by atoms with Gasteiger partial charge in [-0.05, 0) is 50.2 Å². The van der Waals surface area contributed by atoms with Crippen molar-refractivity contribution in [2.24, 2.45) is 5.92 Å². The number of phenols is 1. The molecule has 2 aromatic carbocycles. The van der Waals surface area contributed by atoms with E-state index < -0.39 is 11.6 Å². The molecule has 0 saturated carbocycles. The maximum atomic E-state index is 13.8. The molecule has 0 radical (unpaired) electrons. The highest BCUT2D eigenvalue weighted by atomic mass is 35.5. The Morgan fingerprint density at radius 3 is 2.69 bits per heavy atom. The van der Waals surface area contributed by atoms with Gasteiger partial charge in [-0.3, -0.25) is 9.69 Å². The van der Waals surface area contributed by atoms with E-state index in [4.69, 9.17) is 11.6 Å². The predicted octanol–water partition coefficient (Wildman–Crippen LogP) is 4.17. The Bertz CT molecular complexity index is 808. The van der Waals surface area contributed by atoms with Crippen molar-refractivity contribution >= 4 is 23.2 Å². The zero-order valence-corrected chi connectivity index (χ0v) is 14.8. The molecule has 0 bridgehead atoms. The topological polar surface area (TPSA) is 52.6 Å². The highest BCUT2D eigenvalue weighted by molar-refractivity contribution is 6.31. The van der Waals surface area contributed by atoms with Crippen LogP contribution in [0.2, 0.25) is 5.02 Å². The summed E-state index contributed by atoms with van der Waals surface area (Å²) >= 11 is 5.88. The fourth-order valence-electron chi connectivity index (χ4n) is 3.11. The molecule has 4 nitrogen and oxygen atoms in total. The van der Waals surface area contributed by atoms with Gasteiger partial charge in [-0.25, -0.2) is 8.78 Å². The van der Waals surface area contributed by atoms with Crippen molar-refractivity contribution < 1.29 is 18.7 Å². The van der Waals surface area contributed by atoms with Crippen LogP contribution in [0.5, 0.6) is 5.75 Å². The van der Waals surface area contributed by atoms with E-state index in [2.05, 4.69) is 5.32 Å². The van der Waals surface area contributed by atoms with Crippen LogP contribution in [0.15, 0.2) is 36.4 Å². The molecule has 1 aliphatic rings. The van der Waals surface area contributed by atoms with Crippen LogP contribution in [0.1, 0.15) is 18.4 Å². The number of rotatable bonds is 4.